The molecule has 84 valence electrons. The minimum atomic E-state index is -0.573. The van der Waals surface area contributed by atoms with E-state index < -0.39 is 23.8 Å². The Hall–Kier alpha value is -1.69. The van der Waals surface area contributed by atoms with Crippen LogP contribution < -0.4 is 0 Å². The van der Waals surface area contributed by atoms with Gasteiger partial charge in [0.15, 0.2) is 0 Å². The van der Waals surface area contributed by atoms with E-state index in [1.165, 1.54) is 18.4 Å². The lowest BCUT2D eigenvalue weighted by Crippen LogP contribution is -2.04. The van der Waals surface area contributed by atoms with Gasteiger partial charge < -0.3 is 9.47 Å². The largest absolute Gasteiger partial charge is 0.465 e. The van der Waals surface area contributed by atoms with Crippen LogP contribution in [0.3, 0.4) is 0 Å². The van der Waals surface area contributed by atoms with Crippen LogP contribution in [0.5, 0.6) is 0 Å². The van der Waals surface area contributed by atoms with E-state index in [1.807, 2.05) is 0 Å². The molecule has 1 aromatic heterocycles. The van der Waals surface area contributed by atoms with Crippen molar-refractivity contribution >= 4 is 29.2 Å². The molecule has 1 aliphatic rings. The minimum Gasteiger partial charge on any atom is -0.465 e. The lowest BCUT2D eigenvalue weighted by Gasteiger charge is -1.98. The van der Waals surface area contributed by atoms with E-state index in [1.54, 1.807) is 11.4 Å². The standard InChI is InChI=1S/C10H8O5S/c1-14-9(12)5-2-7(16-4-5)6-3-8(11)15-10(6)13/h2,4,6H,3H2,1H3. The van der Waals surface area contributed by atoms with Gasteiger partial charge in [-0.1, -0.05) is 0 Å². The SMILES string of the molecule is COC(=O)c1csc(C2CC(=O)OC2=O)c1. The van der Waals surface area contributed by atoms with Gasteiger partial charge in [-0.05, 0) is 6.07 Å². The van der Waals surface area contributed by atoms with Gasteiger partial charge in [0.2, 0.25) is 0 Å². The molecule has 1 unspecified atom stereocenters. The second-order valence-electron chi connectivity index (χ2n) is 3.28. The number of ether oxygens (including phenoxy) is 2. The van der Waals surface area contributed by atoms with E-state index in [9.17, 15) is 14.4 Å². The van der Waals surface area contributed by atoms with Crippen LogP contribution in [0.2, 0.25) is 0 Å². The third kappa shape index (κ3) is 1.83. The molecule has 1 fully saturated rings. The first-order valence-corrected chi connectivity index (χ1v) is 5.41. The van der Waals surface area contributed by atoms with Gasteiger partial charge in [-0.15, -0.1) is 11.3 Å². The molecule has 2 rings (SSSR count). The zero-order valence-electron chi connectivity index (χ0n) is 8.39. The first kappa shape index (κ1) is 10.8. The average molecular weight is 240 g/mol. The van der Waals surface area contributed by atoms with Crippen molar-refractivity contribution in [2.75, 3.05) is 7.11 Å². The third-order valence-corrected chi connectivity index (χ3v) is 3.30. The molecule has 0 amide bonds. The van der Waals surface area contributed by atoms with Crippen LogP contribution in [0.25, 0.3) is 0 Å². The van der Waals surface area contributed by atoms with Gasteiger partial charge in [0.25, 0.3) is 0 Å². The summed E-state index contributed by atoms with van der Waals surface area (Å²) < 4.78 is 8.98. The van der Waals surface area contributed by atoms with Crippen molar-refractivity contribution in [2.45, 2.75) is 12.3 Å². The Labute approximate surface area is 95.0 Å². The molecule has 0 N–H and O–H groups in total. The van der Waals surface area contributed by atoms with Gasteiger partial charge >= 0.3 is 17.9 Å². The molecule has 6 heteroatoms. The van der Waals surface area contributed by atoms with Crippen LogP contribution in [0.4, 0.5) is 0 Å². The van der Waals surface area contributed by atoms with Gasteiger partial charge in [-0.2, -0.15) is 0 Å². The number of hydrogen-bond donors (Lipinski definition) is 0. The quantitative estimate of drug-likeness (QED) is 0.571. The molecule has 0 radical (unpaired) electrons. The van der Waals surface area contributed by atoms with Crippen molar-refractivity contribution in [1.29, 1.82) is 0 Å². The van der Waals surface area contributed by atoms with E-state index in [2.05, 4.69) is 9.47 Å². The molecule has 0 spiro atoms. The van der Waals surface area contributed by atoms with E-state index in [-0.39, 0.29) is 6.42 Å². The Bertz CT molecular complexity index is 462. The summed E-state index contributed by atoms with van der Waals surface area (Å²) in [6.07, 6.45) is 0.0416. The Balaban J connectivity index is 2.22. The topological polar surface area (TPSA) is 69.7 Å². The number of rotatable bonds is 2. The first-order chi connectivity index (χ1) is 7.61. The lowest BCUT2D eigenvalue weighted by molar-refractivity contribution is -0.152. The van der Waals surface area contributed by atoms with Crippen molar-refractivity contribution < 1.29 is 23.9 Å². The molecule has 1 aromatic rings. The fourth-order valence-electron chi connectivity index (χ4n) is 1.45. The second-order valence-corrected chi connectivity index (χ2v) is 4.22. The van der Waals surface area contributed by atoms with E-state index in [0.717, 1.165) is 0 Å². The predicted molar refractivity (Wildman–Crippen MR) is 54.1 cm³/mol. The maximum absolute atomic E-state index is 11.3. The van der Waals surface area contributed by atoms with E-state index in [0.29, 0.717) is 10.4 Å². The smallest absolute Gasteiger partial charge is 0.338 e. The Morgan fingerprint density at radius 2 is 2.31 bits per heavy atom. The van der Waals surface area contributed by atoms with Gasteiger partial charge in [0.1, 0.15) is 5.92 Å². The van der Waals surface area contributed by atoms with E-state index >= 15 is 0 Å². The van der Waals surface area contributed by atoms with Gasteiger partial charge in [-0.3, -0.25) is 9.59 Å². The predicted octanol–water partition coefficient (Wildman–Crippen LogP) is 1.09. The first-order valence-electron chi connectivity index (χ1n) is 4.53. The van der Waals surface area contributed by atoms with Crippen molar-refractivity contribution in [1.82, 2.24) is 0 Å². The summed E-state index contributed by atoms with van der Waals surface area (Å²) in [6.45, 7) is 0. The van der Waals surface area contributed by atoms with Crippen LogP contribution in [0.15, 0.2) is 11.4 Å². The fraction of sp³-hybridized carbons (Fsp3) is 0.300. The summed E-state index contributed by atoms with van der Waals surface area (Å²) in [6, 6.07) is 1.56. The molecule has 0 bridgehead atoms. The summed E-state index contributed by atoms with van der Waals surface area (Å²) in [7, 11) is 1.28. The summed E-state index contributed by atoms with van der Waals surface area (Å²) >= 11 is 1.24. The second kappa shape index (κ2) is 4.05. The van der Waals surface area contributed by atoms with Crippen molar-refractivity contribution in [3.63, 3.8) is 0 Å². The third-order valence-electron chi connectivity index (χ3n) is 2.25. The minimum absolute atomic E-state index is 0.0416. The highest BCUT2D eigenvalue weighted by atomic mass is 32.1. The van der Waals surface area contributed by atoms with E-state index in [4.69, 9.17) is 0 Å². The van der Waals surface area contributed by atoms with Crippen LogP contribution >= 0.6 is 11.3 Å². The molecule has 2 heterocycles. The number of cyclic esters (lactones) is 2. The summed E-state index contributed by atoms with van der Waals surface area (Å²) in [5.74, 6) is -2.11. The van der Waals surface area contributed by atoms with Crippen molar-refractivity contribution in [3.8, 4) is 0 Å². The Morgan fingerprint density at radius 3 is 2.88 bits per heavy atom. The van der Waals surface area contributed by atoms with Gasteiger partial charge in [-0.25, -0.2) is 4.79 Å². The fourth-order valence-corrected chi connectivity index (χ4v) is 2.42. The molecule has 1 atom stereocenters. The summed E-state index contributed by atoms with van der Waals surface area (Å²) in [4.78, 5) is 34.0. The molecule has 0 aromatic carbocycles. The molecular weight excluding hydrogens is 232 g/mol. The van der Waals surface area contributed by atoms with Crippen LogP contribution in [0, 0.1) is 0 Å². The average Bonchev–Trinajstić information content (AvgIpc) is 2.83. The normalized spacial score (nSPS) is 19.7. The number of esters is 3. The maximum atomic E-state index is 11.3. The molecule has 0 saturated carbocycles. The summed E-state index contributed by atoms with van der Waals surface area (Å²) in [5, 5.41) is 1.59. The maximum Gasteiger partial charge on any atom is 0.338 e. The van der Waals surface area contributed by atoms with Gasteiger partial charge in [0, 0.05) is 10.3 Å². The van der Waals surface area contributed by atoms with Crippen molar-refractivity contribution in [3.05, 3.63) is 21.9 Å². The molecule has 0 aliphatic carbocycles. The number of methoxy groups -OCH3 is 1. The Kier molecular flexibility index (Phi) is 2.74. The monoisotopic (exact) mass is 240 g/mol. The molecule has 1 aliphatic heterocycles. The molecule has 5 nitrogen and oxygen atoms in total. The zero-order chi connectivity index (χ0) is 11.7. The van der Waals surface area contributed by atoms with Crippen LogP contribution in [0.1, 0.15) is 27.6 Å². The number of thiophene rings is 1. The highest BCUT2D eigenvalue weighted by molar-refractivity contribution is 7.10. The highest BCUT2D eigenvalue weighted by Gasteiger charge is 2.35. The van der Waals surface area contributed by atoms with Gasteiger partial charge in [0.05, 0.1) is 19.1 Å². The number of carbonyl (C=O) groups is 3. The zero-order valence-corrected chi connectivity index (χ0v) is 9.21. The molecular formula is C10H8O5S. The number of hydrogen-bond acceptors (Lipinski definition) is 6. The van der Waals surface area contributed by atoms with Crippen LogP contribution in [-0.4, -0.2) is 25.0 Å². The van der Waals surface area contributed by atoms with Crippen LogP contribution in [-0.2, 0) is 19.1 Å². The van der Waals surface area contributed by atoms with Crippen molar-refractivity contribution in [2.24, 2.45) is 0 Å². The lowest BCUT2D eigenvalue weighted by atomic mass is 10.1. The Morgan fingerprint density at radius 1 is 1.56 bits per heavy atom. The highest BCUT2D eigenvalue weighted by Crippen LogP contribution is 2.32. The number of carbonyl (C=O) groups excluding carboxylic acids is 3. The molecule has 16 heavy (non-hydrogen) atoms. The summed E-state index contributed by atoms with van der Waals surface area (Å²) in [5.41, 5.74) is 0.384. The molecule has 1 saturated heterocycles.